The number of methoxy groups -OCH3 is 1. The molecule has 1 atom stereocenters. The number of rotatable bonds is 9. The van der Waals surface area contributed by atoms with Gasteiger partial charge in [0.05, 0.1) is 17.8 Å². The molecule has 1 aromatic rings. The van der Waals surface area contributed by atoms with Gasteiger partial charge in [-0.2, -0.15) is 0 Å². The third-order valence-electron chi connectivity index (χ3n) is 3.16. The second-order valence-corrected chi connectivity index (χ2v) is 6.87. The zero-order chi connectivity index (χ0) is 17.5. The Hall–Kier alpha value is -2.00. The van der Waals surface area contributed by atoms with E-state index in [9.17, 15) is 23.3 Å². The monoisotopic (exact) mass is 344 g/mol. The number of hydrogen-bond acceptors (Lipinski definition) is 6. The predicted octanol–water partition coefficient (Wildman–Crippen LogP) is 1.40. The molecule has 0 heterocycles. The Balaban J connectivity index is 2.86. The molecule has 23 heavy (non-hydrogen) atoms. The molecule has 0 radical (unpaired) electrons. The van der Waals surface area contributed by atoms with Gasteiger partial charge in [-0.05, 0) is 18.4 Å². The maximum absolute atomic E-state index is 11.9. The summed E-state index contributed by atoms with van der Waals surface area (Å²) in [7, 11) is -2.43. The highest BCUT2D eigenvalue weighted by Crippen LogP contribution is 2.14. The minimum Gasteiger partial charge on any atom is -0.468 e. The first-order valence-electron chi connectivity index (χ1n) is 7.10. The number of hydrogen-bond donors (Lipinski definition) is 1. The fourth-order valence-corrected chi connectivity index (χ4v) is 3.31. The molecule has 0 aliphatic rings. The van der Waals surface area contributed by atoms with Crippen LogP contribution in [0.5, 0.6) is 0 Å². The van der Waals surface area contributed by atoms with Gasteiger partial charge in [-0.25, -0.2) is 13.1 Å². The summed E-state index contributed by atoms with van der Waals surface area (Å²) in [5.41, 5.74) is 0.510. The van der Waals surface area contributed by atoms with Crippen LogP contribution in [-0.4, -0.2) is 38.2 Å². The summed E-state index contributed by atoms with van der Waals surface area (Å²) in [6.45, 7) is 1.87. The number of nitro groups is 1. The molecule has 0 aliphatic carbocycles. The highest BCUT2D eigenvalue weighted by molar-refractivity contribution is 7.89. The van der Waals surface area contributed by atoms with Gasteiger partial charge in [-0.3, -0.25) is 14.9 Å². The summed E-state index contributed by atoms with van der Waals surface area (Å²) in [5, 5.41) is 10.6. The Morgan fingerprint density at radius 3 is 2.43 bits per heavy atom. The first-order chi connectivity index (χ1) is 10.8. The average molecular weight is 344 g/mol. The fourth-order valence-electron chi connectivity index (χ4n) is 1.91. The summed E-state index contributed by atoms with van der Waals surface area (Å²) in [6, 6.07) is 4.50. The molecule has 1 aromatic carbocycles. The van der Waals surface area contributed by atoms with Crippen LogP contribution < -0.4 is 4.72 Å². The highest BCUT2D eigenvalue weighted by atomic mass is 32.2. The molecule has 1 N–H and O–H groups in total. The molecule has 8 nitrogen and oxygen atoms in total. The van der Waals surface area contributed by atoms with Crippen LogP contribution in [0.2, 0.25) is 0 Å². The number of nitrogens with zero attached hydrogens (tertiary/aromatic N) is 1. The molecule has 0 saturated heterocycles. The average Bonchev–Trinajstić information content (AvgIpc) is 2.52. The van der Waals surface area contributed by atoms with Gasteiger partial charge in [0, 0.05) is 12.1 Å². The molecule has 128 valence electrons. The molecule has 0 aliphatic heterocycles. The van der Waals surface area contributed by atoms with Gasteiger partial charge < -0.3 is 4.74 Å². The number of non-ortho nitro benzene ring substituents is 1. The lowest BCUT2D eigenvalue weighted by atomic mass is 10.1. The number of carbonyl (C=O) groups is 1. The quantitative estimate of drug-likeness (QED) is 0.411. The van der Waals surface area contributed by atoms with Crippen molar-refractivity contribution in [2.75, 3.05) is 12.9 Å². The molecule has 0 aromatic heterocycles. The Morgan fingerprint density at radius 2 is 1.96 bits per heavy atom. The smallest absolute Gasteiger partial charge is 0.324 e. The first-order valence-corrected chi connectivity index (χ1v) is 8.75. The van der Waals surface area contributed by atoms with E-state index in [0.717, 1.165) is 0 Å². The van der Waals surface area contributed by atoms with Gasteiger partial charge in [0.15, 0.2) is 0 Å². The van der Waals surface area contributed by atoms with Crippen molar-refractivity contribution >= 4 is 21.7 Å². The molecule has 1 unspecified atom stereocenters. The number of unbranched alkanes of at least 4 members (excludes halogenated alkanes) is 1. The second kappa shape index (κ2) is 8.59. The largest absolute Gasteiger partial charge is 0.468 e. The van der Waals surface area contributed by atoms with E-state index in [1.807, 2.05) is 6.92 Å². The van der Waals surface area contributed by atoms with Crippen LogP contribution in [0, 0.1) is 10.1 Å². The van der Waals surface area contributed by atoms with Crippen molar-refractivity contribution in [3.63, 3.8) is 0 Å². The lowest BCUT2D eigenvalue weighted by Crippen LogP contribution is -2.43. The Bertz CT molecular complexity index is 642. The van der Waals surface area contributed by atoms with Crippen molar-refractivity contribution in [1.29, 1.82) is 0 Å². The predicted molar refractivity (Wildman–Crippen MR) is 84.4 cm³/mol. The maximum Gasteiger partial charge on any atom is 0.324 e. The molecule has 0 fully saturated rings. The van der Waals surface area contributed by atoms with Crippen molar-refractivity contribution in [3.8, 4) is 0 Å². The number of esters is 1. The standard InChI is InChI=1S/C14H20N2O6S/c1-3-4-9-23(20,21)15-13(14(17)22-2)10-11-5-7-12(8-6-11)16(18)19/h5-8,13,15H,3-4,9-10H2,1-2H3. The van der Waals surface area contributed by atoms with Crippen LogP contribution in [0.4, 0.5) is 5.69 Å². The van der Waals surface area contributed by atoms with Gasteiger partial charge in [0.2, 0.25) is 10.0 Å². The summed E-state index contributed by atoms with van der Waals surface area (Å²) < 4.78 is 30.8. The Morgan fingerprint density at radius 1 is 1.35 bits per heavy atom. The van der Waals surface area contributed by atoms with E-state index >= 15 is 0 Å². The summed E-state index contributed by atoms with van der Waals surface area (Å²) in [5.74, 6) is -0.777. The van der Waals surface area contributed by atoms with Crippen LogP contribution in [0.15, 0.2) is 24.3 Å². The molecule has 1 rings (SSSR count). The van der Waals surface area contributed by atoms with Crippen molar-refractivity contribution in [1.82, 2.24) is 4.72 Å². The molecular formula is C14H20N2O6S. The van der Waals surface area contributed by atoms with Gasteiger partial charge in [0.1, 0.15) is 6.04 Å². The van der Waals surface area contributed by atoms with Gasteiger partial charge in [-0.15, -0.1) is 0 Å². The van der Waals surface area contributed by atoms with Crippen molar-refractivity contribution in [2.24, 2.45) is 0 Å². The van der Waals surface area contributed by atoms with Crippen molar-refractivity contribution in [3.05, 3.63) is 39.9 Å². The van der Waals surface area contributed by atoms with E-state index in [1.165, 1.54) is 31.4 Å². The highest BCUT2D eigenvalue weighted by Gasteiger charge is 2.25. The van der Waals surface area contributed by atoms with E-state index in [2.05, 4.69) is 9.46 Å². The molecule has 0 bridgehead atoms. The van der Waals surface area contributed by atoms with Crippen LogP contribution in [0.3, 0.4) is 0 Å². The summed E-state index contributed by atoms with van der Waals surface area (Å²) in [4.78, 5) is 21.9. The number of nitro benzene ring substituents is 1. The summed E-state index contributed by atoms with van der Waals surface area (Å²) >= 11 is 0. The molecule has 0 saturated carbocycles. The van der Waals surface area contributed by atoms with E-state index in [4.69, 9.17) is 0 Å². The fraction of sp³-hybridized carbons (Fsp3) is 0.500. The SMILES string of the molecule is CCCCS(=O)(=O)NC(Cc1ccc([N+](=O)[O-])cc1)C(=O)OC. The van der Waals surface area contributed by atoms with Gasteiger partial charge in [-0.1, -0.05) is 25.5 Å². The maximum atomic E-state index is 11.9. The third-order valence-corrected chi connectivity index (χ3v) is 4.63. The molecular weight excluding hydrogens is 324 g/mol. The van der Waals surface area contributed by atoms with Crippen molar-refractivity contribution in [2.45, 2.75) is 32.2 Å². The second-order valence-electron chi connectivity index (χ2n) is 4.99. The number of benzene rings is 1. The zero-order valence-electron chi connectivity index (χ0n) is 13.0. The van der Waals surface area contributed by atoms with Gasteiger partial charge in [0.25, 0.3) is 5.69 Å². The van der Waals surface area contributed by atoms with Crippen LogP contribution >= 0.6 is 0 Å². The zero-order valence-corrected chi connectivity index (χ0v) is 13.8. The lowest BCUT2D eigenvalue weighted by Gasteiger charge is -2.16. The van der Waals surface area contributed by atoms with E-state index in [1.54, 1.807) is 0 Å². The van der Waals surface area contributed by atoms with Crippen LogP contribution in [0.25, 0.3) is 0 Å². The number of sulfonamides is 1. The van der Waals surface area contributed by atoms with E-state index in [-0.39, 0.29) is 17.9 Å². The summed E-state index contributed by atoms with van der Waals surface area (Å²) in [6.07, 6.45) is 1.25. The molecule has 9 heteroatoms. The minimum atomic E-state index is -3.60. The Kier molecular flexibility index (Phi) is 7.11. The van der Waals surface area contributed by atoms with Crippen molar-refractivity contribution < 1.29 is 22.9 Å². The van der Waals surface area contributed by atoms with E-state index in [0.29, 0.717) is 18.4 Å². The molecule has 0 amide bonds. The van der Waals surface area contributed by atoms with Crippen LogP contribution in [-0.2, 0) is 26.0 Å². The first kappa shape index (κ1) is 19.0. The minimum absolute atomic E-state index is 0.0516. The number of carbonyl (C=O) groups excluding carboxylic acids is 1. The number of nitrogens with one attached hydrogen (secondary N) is 1. The molecule has 0 spiro atoms. The van der Waals surface area contributed by atoms with Crippen LogP contribution in [0.1, 0.15) is 25.3 Å². The van der Waals surface area contributed by atoms with Gasteiger partial charge >= 0.3 is 5.97 Å². The number of ether oxygens (including phenoxy) is 1. The van der Waals surface area contributed by atoms with E-state index < -0.39 is 27.0 Å². The lowest BCUT2D eigenvalue weighted by molar-refractivity contribution is -0.384. The topological polar surface area (TPSA) is 116 Å². The Labute approximate surface area is 135 Å². The normalized spacial score (nSPS) is 12.6. The third kappa shape index (κ3) is 6.33.